The van der Waals surface area contributed by atoms with Gasteiger partial charge < -0.3 is 19.9 Å². The number of hydrogen-bond donors (Lipinski definition) is 1. The van der Waals surface area contributed by atoms with Gasteiger partial charge in [0.1, 0.15) is 5.82 Å². The van der Waals surface area contributed by atoms with Crippen molar-refractivity contribution in [2.75, 3.05) is 42.0 Å². The van der Waals surface area contributed by atoms with Crippen molar-refractivity contribution in [1.82, 2.24) is 4.98 Å². The van der Waals surface area contributed by atoms with Gasteiger partial charge >= 0.3 is 0 Å². The van der Waals surface area contributed by atoms with Crippen LogP contribution in [0.3, 0.4) is 0 Å². The highest BCUT2D eigenvalue weighted by atomic mass is 19.1. The maximum Gasteiger partial charge on any atom is 0.230 e. The van der Waals surface area contributed by atoms with Crippen LogP contribution in [0.15, 0.2) is 36.5 Å². The lowest BCUT2D eigenvalue weighted by Gasteiger charge is -2.32. The maximum atomic E-state index is 13.8. The van der Waals surface area contributed by atoms with E-state index in [0.717, 1.165) is 73.6 Å². The first-order valence-electron chi connectivity index (χ1n) is 11.7. The van der Waals surface area contributed by atoms with Crippen molar-refractivity contribution in [1.29, 1.82) is 0 Å². The summed E-state index contributed by atoms with van der Waals surface area (Å²) >= 11 is 0. The number of nitrogens with one attached hydrogen (secondary N) is 1. The van der Waals surface area contributed by atoms with Crippen LogP contribution < -0.4 is 15.1 Å². The molecule has 1 amide bonds. The number of benzene rings is 1. The number of anilines is 4. The minimum Gasteiger partial charge on any atom is -0.381 e. The van der Waals surface area contributed by atoms with Gasteiger partial charge in [0, 0.05) is 49.5 Å². The minimum absolute atomic E-state index is 0.00108. The lowest BCUT2D eigenvalue weighted by atomic mass is 9.86. The number of alkyl halides is 1. The third kappa shape index (κ3) is 4.06. The first-order chi connectivity index (χ1) is 15.7. The zero-order valence-electron chi connectivity index (χ0n) is 18.6. The van der Waals surface area contributed by atoms with Crippen molar-refractivity contribution in [3.63, 3.8) is 0 Å². The van der Waals surface area contributed by atoms with Gasteiger partial charge in [0.05, 0.1) is 30.7 Å². The second-order valence-corrected chi connectivity index (χ2v) is 9.23. The normalized spacial score (nSPS) is 25.0. The number of carbonyl (C=O) groups excluding carboxylic acids is 1. The molecular weight excluding hydrogens is 407 g/mol. The summed E-state index contributed by atoms with van der Waals surface area (Å²) in [6.07, 6.45) is 6.43. The number of methoxy groups -OCH3 is 1. The molecule has 5 rings (SSSR count). The number of carbonyl (C=O) groups is 1. The van der Waals surface area contributed by atoms with Gasteiger partial charge in [0.2, 0.25) is 5.91 Å². The second-order valence-electron chi connectivity index (χ2n) is 9.23. The molecule has 3 aliphatic rings. The van der Waals surface area contributed by atoms with Crippen LogP contribution >= 0.6 is 0 Å². The summed E-state index contributed by atoms with van der Waals surface area (Å²) in [5, 5.41) is 3.44. The lowest BCUT2D eigenvalue weighted by Crippen LogP contribution is -2.38. The van der Waals surface area contributed by atoms with E-state index in [9.17, 15) is 9.18 Å². The van der Waals surface area contributed by atoms with Crippen LogP contribution in [-0.2, 0) is 16.1 Å². The average molecular weight is 439 g/mol. The molecule has 170 valence electrons. The molecule has 1 N–H and O–H groups in total. The fraction of sp³-hybridized carbons (Fsp3) is 0.520. The number of rotatable bonds is 4. The Morgan fingerprint density at radius 3 is 2.81 bits per heavy atom. The van der Waals surface area contributed by atoms with Gasteiger partial charge in [-0.05, 0) is 56.4 Å². The standard InChI is InChI=1S/C25H31FN4O2/c1-32-21-7-4-18(5-8-21)25(31)30-16-19-3-2-11-27-24(19)28-22-9-6-20(13-23(22)30)29-12-10-17(14-26)15-29/h2-3,6,9,11,13,17-18,21H,4-5,7-8,10,12,14-16H2,1H3,(H,27,28)/t17-,18?,21?/m0/s1. The summed E-state index contributed by atoms with van der Waals surface area (Å²) in [6.45, 7) is 1.78. The molecule has 2 fully saturated rings. The highest BCUT2D eigenvalue weighted by Gasteiger charge is 2.33. The average Bonchev–Trinajstić information content (AvgIpc) is 3.26. The molecule has 1 aromatic carbocycles. The number of amides is 1. The monoisotopic (exact) mass is 438 g/mol. The molecule has 1 atom stereocenters. The molecule has 2 aliphatic heterocycles. The molecule has 6 nitrogen and oxygen atoms in total. The first-order valence-corrected chi connectivity index (χ1v) is 11.7. The van der Waals surface area contributed by atoms with Crippen LogP contribution in [0, 0.1) is 11.8 Å². The smallest absolute Gasteiger partial charge is 0.230 e. The number of fused-ring (bicyclic) bond motifs is 2. The second kappa shape index (κ2) is 9.06. The number of nitrogens with zero attached hydrogens (tertiary/aromatic N) is 3. The largest absolute Gasteiger partial charge is 0.381 e. The van der Waals surface area contributed by atoms with Crippen molar-refractivity contribution in [3.8, 4) is 0 Å². The molecule has 0 unspecified atom stereocenters. The van der Waals surface area contributed by atoms with Crippen molar-refractivity contribution >= 4 is 28.8 Å². The number of halogens is 1. The summed E-state index contributed by atoms with van der Waals surface area (Å²) in [5.74, 6) is 1.05. The fourth-order valence-corrected chi connectivity index (χ4v) is 5.26. The Labute approximate surface area is 188 Å². The van der Waals surface area contributed by atoms with E-state index in [-0.39, 0.29) is 30.5 Å². The van der Waals surface area contributed by atoms with Gasteiger partial charge in [-0.25, -0.2) is 4.98 Å². The highest BCUT2D eigenvalue weighted by Crippen LogP contribution is 2.40. The van der Waals surface area contributed by atoms with E-state index >= 15 is 0 Å². The van der Waals surface area contributed by atoms with E-state index in [0.29, 0.717) is 6.54 Å². The predicted octanol–water partition coefficient (Wildman–Crippen LogP) is 4.67. The Morgan fingerprint density at radius 1 is 1.22 bits per heavy atom. The summed E-state index contributed by atoms with van der Waals surface area (Å²) in [5.41, 5.74) is 3.80. The predicted molar refractivity (Wildman–Crippen MR) is 124 cm³/mol. The SMILES string of the molecule is COC1CCC(C(=O)N2Cc3cccnc3Nc3ccc(N4CC[C@@H](CF)C4)cc32)CC1. The Balaban J connectivity index is 1.48. The Hall–Kier alpha value is -2.67. The first kappa shape index (κ1) is 21.2. The zero-order valence-corrected chi connectivity index (χ0v) is 18.6. The van der Waals surface area contributed by atoms with Gasteiger partial charge in [-0.2, -0.15) is 0 Å². The van der Waals surface area contributed by atoms with E-state index in [1.807, 2.05) is 23.1 Å². The van der Waals surface area contributed by atoms with E-state index in [2.05, 4.69) is 27.3 Å². The van der Waals surface area contributed by atoms with Crippen LogP contribution in [0.2, 0.25) is 0 Å². The van der Waals surface area contributed by atoms with Crippen molar-refractivity contribution in [3.05, 3.63) is 42.1 Å². The van der Waals surface area contributed by atoms with E-state index < -0.39 is 0 Å². The summed E-state index contributed by atoms with van der Waals surface area (Å²) in [6, 6.07) is 10.1. The molecule has 0 spiro atoms. The summed E-state index contributed by atoms with van der Waals surface area (Å²) < 4.78 is 18.7. The third-order valence-electron chi connectivity index (χ3n) is 7.24. The topological polar surface area (TPSA) is 57.7 Å². The summed E-state index contributed by atoms with van der Waals surface area (Å²) in [4.78, 5) is 22.4. The van der Waals surface area contributed by atoms with Gasteiger partial charge in [0.15, 0.2) is 0 Å². The van der Waals surface area contributed by atoms with Gasteiger partial charge in [-0.3, -0.25) is 9.18 Å². The molecule has 7 heteroatoms. The Kier molecular flexibility index (Phi) is 6.00. The van der Waals surface area contributed by atoms with Crippen molar-refractivity contribution in [2.24, 2.45) is 11.8 Å². The van der Waals surface area contributed by atoms with E-state index in [1.165, 1.54) is 0 Å². The number of hydrogen-bond acceptors (Lipinski definition) is 5. The quantitative estimate of drug-likeness (QED) is 0.752. The molecule has 1 aromatic heterocycles. The highest BCUT2D eigenvalue weighted by molar-refractivity contribution is 6.00. The van der Waals surface area contributed by atoms with Crippen LogP contribution in [0.1, 0.15) is 37.7 Å². The molecule has 1 saturated heterocycles. The molecule has 2 aromatic rings. The Bertz CT molecular complexity index is 976. The minimum atomic E-state index is -0.279. The lowest BCUT2D eigenvalue weighted by molar-refractivity contribution is -0.124. The molecule has 3 heterocycles. The summed E-state index contributed by atoms with van der Waals surface area (Å²) in [7, 11) is 1.75. The van der Waals surface area contributed by atoms with Gasteiger partial charge in [-0.15, -0.1) is 0 Å². The molecular formula is C25H31FN4O2. The molecule has 0 radical (unpaired) electrons. The zero-order chi connectivity index (χ0) is 22.1. The molecule has 0 bridgehead atoms. The molecule has 1 aliphatic carbocycles. The van der Waals surface area contributed by atoms with Crippen molar-refractivity contribution in [2.45, 2.75) is 44.8 Å². The van der Waals surface area contributed by atoms with Crippen LogP contribution in [0.4, 0.5) is 27.3 Å². The van der Waals surface area contributed by atoms with E-state index in [1.54, 1.807) is 13.3 Å². The number of ether oxygens (including phenoxy) is 1. The molecule has 32 heavy (non-hydrogen) atoms. The fourth-order valence-electron chi connectivity index (χ4n) is 5.26. The van der Waals surface area contributed by atoms with Crippen molar-refractivity contribution < 1.29 is 13.9 Å². The van der Waals surface area contributed by atoms with Crippen LogP contribution in [-0.4, -0.2) is 43.9 Å². The molecule has 1 saturated carbocycles. The van der Waals surface area contributed by atoms with Gasteiger partial charge in [0.25, 0.3) is 0 Å². The van der Waals surface area contributed by atoms with Gasteiger partial charge in [-0.1, -0.05) is 6.07 Å². The third-order valence-corrected chi connectivity index (χ3v) is 7.24. The maximum absolute atomic E-state index is 13.8. The van der Waals surface area contributed by atoms with E-state index in [4.69, 9.17) is 4.74 Å². The number of pyridine rings is 1. The van der Waals surface area contributed by atoms with Crippen LogP contribution in [0.25, 0.3) is 0 Å². The number of aromatic nitrogens is 1. The Morgan fingerprint density at radius 2 is 2.06 bits per heavy atom. The van der Waals surface area contributed by atoms with Crippen LogP contribution in [0.5, 0.6) is 0 Å².